The lowest BCUT2D eigenvalue weighted by Gasteiger charge is -2.41. The Hall–Kier alpha value is -1.17. The predicted molar refractivity (Wildman–Crippen MR) is 117 cm³/mol. The minimum absolute atomic E-state index is 0.527. The van der Waals surface area contributed by atoms with Crippen molar-refractivity contribution in [1.29, 1.82) is 0 Å². The van der Waals surface area contributed by atoms with Gasteiger partial charge in [-0.2, -0.15) is 0 Å². The Bertz CT molecular complexity index is 565. The van der Waals surface area contributed by atoms with Crippen LogP contribution in [0.2, 0.25) is 0 Å². The summed E-state index contributed by atoms with van der Waals surface area (Å²) in [6.07, 6.45) is 3.38. The molecule has 1 N–H and O–H groups in total. The van der Waals surface area contributed by atoms with Crippen molar-refractivity contribution in [3.05, 3.63) is 29.8 Å². The summed E-state index contributed by atoms with van der Waals surface area (Å²) in [6.45, 7) is 11.1. The Balaban J connectivity index is 2.07. The smallest absolute Gasteiger partial charge is 0.173 e. The van der Waals surface area contributed by atoms with Crippen molar-refractivity contribution in [2.75, 3.05) is 45.6 Å². The zero-order valence-corrected chi connectivity index (χ0v) is 18.0. The lowest BCUT2D eigenvalue weighted by atomic mass is 10.0. The number of aryl methyl sites for hydroxylation is 1. The molecular weight excluding hydrogens is 340 g/mol. The van der Waals surface area contributed by atoms with Crippen molar-refractivity contribution < 1.29 is 0 Å². The number of piperidine rings is 1. The fraction of sp³-hybridized carbons (Fsp3) is 0.667. The van der Waals surface area contributed by atoms with Gasteiger partial charge in [0.15, 0.2) is 5.11 Å². The van der Waals surface area contributed by atoms with Crippen LogP contribution in [0.3, 0.4) is 0 Å². The first kappa shape index (κ1) is 21.1. The lowest BCUT2D eigenvalue weighted by Crippen LogP contribution is -2.51. The number of rotatable bonds is 7. The third-order valence-corrected chi connectivity index (χ3v) is 5.70. The van der Waals surface area contributed by atoms with Crippen molar-refractivity contribution in [3.8, 4) is 0 Å². The molecule has 1 aromatic rings. The highest BCUT2D eigenvalue weighted by molar-refractivity contribution is 7.80. The molecule has 2 rings (SSSR count). The maximum absolute atomic E-state index is 5.86. The highest BCUT2D eigenvalue weighted by Crippen LogP contribution is 2.21. The van der Waals surface area contributed by atoms with Gasteiger partial charge in [0.05, 0.1) is 0 Å². The number of anilines is 1. The zero-order chi connectivity index (χ0) is 19.1. The highest BCUT2D eigenvalue weighted by atomic mass is 32.1. The highest BCUT2D eigenvalue weighted by Gasteiger charge is 2.27. The van der Waals surface area contributed by atoms with E-state index in [1.165, 1.54) is 18.4 Å². The molecule has 1 aliphatic heterocycles. The molecule has 0 saturated carbocycles. The monoisotopic (exact) mass is 376 g/mol. The van der Waals surface area contributed by atoms with Crippen molar-refractivity contribution in [2.45, 2.75) is 52.1 Å². The second-order valence-electron chi connectivity index (χ2n) is 7.80. The molecule has 0 bridgehead atoms. The quantitative estimate of drug-likeness (QED) is 0.731. The van der Waals surface area contributed by atoms with Crippen LogP contribution < -0.4 is 5.32 Å². The van der Waals surface area contributed by atoms with E-state index in [0.717, 1.165) is 43.4 Å². The first-order chi connectivity index (χ1) is 12.4. The molecule has 0 aliphatic carbocycles. The van der Waals surface area contributed by atoms with Crippen LogP contribution in [-0.4, -0.2) is 72.2 Å². The van der Waals surface area contributed by atoms with Gasteiger partial charge in [0.25, 0.3) is 0 Å². The molecule has 0 unspecified atom stereocenters. The number of nitrogens with one attached hydrogen (secondary N) is 1. The molecule has 1 fully saturated rings. The van der Waals surface area contributed by atoms with Crippen LogP contribution in [0.25, 0.3) is 0 Å². The van der Waals surface area contributed by atoms with Crippen LogP contribution in [0.5, 0.6) is 0 Å². The maximum atomic E-state index is 5.86. The van der Waals surface area contributed by atoms with E-state index in [1.54, 1.807) is 0 Å². The van der Waals surface area contributed by atoms with Crippen LogP contribution >= 0.6 is 12.2 Å². The summed E-state index contributed by atoms with van der Waals surface area (Å²) in [5.41, 5.74) is 2.46. The topological polar surface area (TPSA) is 21.8 Å². The van der Waals surface area contributed by atoms with E-state index in [9.17, 15) is 0 Å². The third-order valence-electron chi connectivity index (χ3n) is 5.36. The Morgan fingerprint density at radius 1 is 1.19 bits per heavy atom. The van der Waals surface area contributed by atoms with Crippen molar-refractivity contribution in [1.82, 2.24) is 14.7 Å². The Kier molecular flexibility index (Phi) is 8.32. The van der Waals surface area contributed by atoms with E-state index in [-0.39, 0.29) is 0 Å². The number of hydrogen-bond donors (Lipinski definition) is 1. The Morgan fingerprint density at radius 3 is 2.42 bits per heavy atom. The number of para-hydroxylation sites is 1. The number of benzene rings is 1. The van der Waals surface area contributed by atoms with Gasteiger partial charge in [-0.25, -0.2) is 0 Å². The maximum Gasteiger partial charge on any atom is 0.173 e. The summed E-state index contributed by atoms with van der Waals surface area (Å²) in [4.78, 5) is 7.24. The summed E-state index contributed by atoms with van der Waals surface area (Å²) >= 11 is 5.86. The van der Waals surface area contributed by atoms with Gasteiger partial charge in [-0.3, -0.25) is 0 Å². The summed E-state index contributed by atoms with van der Waals surface area (Å²) in [7, 11) is 4.25. The molecule has 1 aromatic carbocycles. The molecule has 0 radical (unpaired) electrons. The van der Waals surface area contributed by atoms with Gasteiger partial charge in [0.2, 0.25) is 0 Å². The van der Waals surface area contributed by atoms with E-state index in [2.05, 4.69) is 79.1 Å². The summed E-state index contributed by atoms with van der Waals surface area (Å²) < 4.78 is 0. The second-order valence-corrected chi connectivity index (χ2v) is 8.19. The summed E-state index contributed by atoms with van der Waals surface area (Å²) in [6, 6.07) is 9.65. The fourth-order valence-corrected chi connectivity index (χ4v) is 3.96. The van der Waals surface area contributed by atoms with Crippen LogP contribution in [0.1, 0.15) is 39.2 Å². The minimum Gasteiger partial charge on any atom is -0.345 e. The van der Waals surface area contributed by atoms with Gasteiger partial charge < -0.3 is 20.0 Å². The molecule has 1 aliphatic rings. The van der Waals surface area contributed by atoms with E-state index in [4.69, 9.17) is 12.2 Å². The molecule has 0 spiro atoms. The fourth-order valence-electron chi connectivity index (χ4n) is 3.61. The first-order valence-electron chi connectivity index (χ1n) is 9.96. The number of nitrogens with zero attached hydrogens (tertiary/aromatic N) is 3. The number of likely N-dealkylation sites (N-methyl/N-ethyl adjacent to an activating group) is 1. The molecule has 26 heavy (non-hydrogen) atoms. The van der Waals surface area contributed by atoms with Crippen molar-refractivity contribution >= 4 is 23.0 Å². The predicted octanol–water partition coefficient (Wildman–Crippen LogP) is 3.68. The van der Waals surface area contributed by atoms with E-state index in [0.29, 0.717) is 12.1 Å². The first-order valence-corrected chi connectivity index (χ1v) is 10.4. The molecule has 0 amide bonds. The van der Waals surface area contributed by atoms with Crippen molar-refractivity contribution in [2.24, 2.45) is 0 Å². The number of likely N-dealkylation sites (tertiary alicyclic amines) is 1. The van der Waals surface area contributed by atoms with Crippen molar-refractivity contribution in [3.63, 3.8) is 0 Å². The van der Waals surface area contributed by atoms with Gasteiger partial charge >= 0.3 is 0 Å². The lowest BCUT2D eigenvalue weighted by molar-refractivity contribution is 0.125. The molecule has 5 heteroatoms. The second kappa shape index (κ2) is 10.2. The molecule has 0 atom stereocenters. The summed E-state index contributed by atoms with van der Waals surface area (Å²) in [5.74, 6) is 0. The third kappa shape index (κ3) is 5.93. The zero-order valence-electron chi connectivity index (χ0n) is 17.2. The van der Waals surface area contributed by atoms with Gasteiger partial charge in [0.1, 0.15) is 0 Å². The van der Waals surface area contributed by atoms with E-state index >= 15 is 0 Å². The minimum atomic E-state index is 0.527. The SMILES string of the molecule is CCc1ccccc1NC(=S)N(CCN(C)C)C1CCN(C(C)C)CC1. The van der Waals surface area contributed by atoms with E-state index < -0.39 is 0 Å². The normalized spacial score (nSPS) is 16.3. The largest absolute Gasteiger partial charge is 0.345 e. The average molecular weight is 377 g/mol. The molecule has 1 saturated heterocycles. The van der Waals surface area contributed by atoms with Crippen LogP contribution in [0.4, 0.5) is 5.69 Å². The number of hydrogen-bond acceptors (Lipinski definition) is 3. The molecule has 1 heterocycles. The number of thiocarbonyl (C=S) groups is 1. The Morgan fingerprint density at radius 2 is 1.85 bits per heavy atom. The van der Waals surface area contributed by atoms with E-state index in [1.807, 2.05) is 0 Å². The Labute approximate surface area is 165 Å². The van der Waals surface area contributed by atoms with Crippen LogP contribution in [0.15, 0.2) is 24.3 Å². The van der Waals surface area contributed by atoms with Gasteiger partial charge in [-0.15, -0.1) is 0 Å². The van der Waals surface area contributed by atoms with Gasteiger partial charge in [-0.1, -0.05) is 25.1 Å². The average Bonchev–Trinajstić information content (AvgIpc) is 2.62. The molecule has 146 valence electrons. The van der Waals surface area contributed by atoms with Crippen LogP contribution in [0, 0.1) is 0 Å². The van der Waals surface area contributed by atoms with Gasteiger partial charge in [-0.05, 0) is 71.1 Å². The van der Waals surface area contributed by atoms with Crippen LogP contribution in [-0.2, 0) is 6.42 Å². The standard InChI is InChI=1S/C21H36N4S/c1-6-18-9-7-8-10-20(18)22-21(26)25(16-15-23(4)5)19-11-13-24(14-12-19)17(2)3/h7-10,17,19H,6,11-16H2,1-5H3,(H,22,26). The van der Waals surface area contributed by atoms with Gasteiger partial charge in [0, 0.05) is 44.0 Å². The summed E-state index contributed by atoms with van der Waals surface area (Å²) in [5, 5.41) is 4.41. The molecular formula is C21H36N4S. The molecule has 4 nitrogen and oxygen atoms in total. The molecule has 0 aromatic heterocycles.